The Morgan fingerprint density at radius 1 is 1.25 bits per heavy atom. The quantitative estimate of drug-likeness (QED) is 0.585. The molecule has 0 saturated heterocycles. The minimum absolute atomic E-state index is 0.648. The summed E-state index contributed by atoms with van der Waals surface area (Å²) >= 11 is 1.63. The molecule has 0 unspecified atom stereocenters. The van der Waals surface area contributed by atoms with Crippen molar-refractivity contribution in [3.05, 3.63) is 48.4 Å². The van der Waals surface area contributed by atoms with Gasteiger partial charge in [0.15, 0.2) is 5.58 Å². The number of para-hydroxylation sites is 1. The molecule has 0 aliphatic carbocycles. The summed E-state index contributed by atoms with van der Waals surface area (Å²) in [5, 5.41) is 0. The average molecular weight is 286 g/mol. The van der Waals surface area contributed by atoms with E-state index in [1.54, 1.807) is 18.9 Å². The van der Waals surface area contributed by atoms with Crippen LogP contribution in [0.4, 0.5) is 5.69 Å². The fourth-order valence-corrected chi connectivity index (χ4v) is 2.80. The zero-order chi connectivity index (χ0) is 13.9. The number of anilines is 1. The third kappa shape index (κ3) is 2.58. The van der Waals surface area contributed by atoms with Crippen molar-refractivity contribution in [2.75, 3.05) is 12.8 Å². The van der Waals surface area contributed by atoms with Crippen LogP contribution in [0, 0.1) is 0 Å². The molecular weight excluding hydrogens is 272 g/mol. The minimum atomic E-state index is 0.648. The van der Waals surface area contributed by atoms with E-state index < -0.39 is 0 Å². The molecule has 0 amide bonds. The van der Waals surface area contributed by atoms with Gasteiger partial charge in [-0.3, -0.25) is 0 Å². The first-order valence-electron chi connectivity index (χ1n) is 6.17. The fourth-order valence-electron chi connectivity index (χ4n) is 1.93. The summed E-state index contributed by atoms with van der Waals surface area (Å²) < 4.78 is 11.0. The molecule has 0 bridgehead atoms. The van der Waals surface area contributed by atoms with E-state index in [4.69, 9.17) is 14.9 Å². The monoisotopic (exact) mass is 286 g/mol. The lowest BCUT2D eigenvalue weighted by atomic mass is 10.3. The molecule has 0 saturated carbocycles. The first-order chi connectivity index (χ1) is 9.76. The van der Waals surface area contributed by atoms with Crippen LogP contribution in [0.2, 0.25) is 0 Å². The summed E-state index contributed by atoms with van der Waals surface area (Å²) in [6.45, 7) is 0. The summed E-state index contributed by atoms with van der Waals surface area (Å²) in [6.07, 6.45) is 0. The van der Waals surface area contributed by atoms with Crippen LogP contribution in [0.25, 0.3) is 11.1 Å². The van der Waals surface area contributed by atoms with Gasteiger partial charge in [0, 0.05) is 10.6 Å². The first kappa shape index (κ1) is 12.9. The number of rotatable bonds is 4. The molecule has 3 aromatic rings. The van der Waals surface area contributed by atoms with Gasteiger partial charge in [0.1, 0.15) is 11.3 Å². The predicted octanol–water partition coefficient (Wildman–Crippen LogP) is 3.71. The van der Waals surface area contributed by atoms with Gasteiger partial charge in [0.2, 0.25) is 5.89 Å². The second-order valence-electron chi connectivity index (χ2n) is 4.27. The second-order valence-corrected chi connectivity index (χ2v) is 5.29. The molecule has 0 aliphatic rings. The molecule has 2 aromatic carbocycles. The Balaban J connectivity index is 1.79. The highest BCUT2D eigenvalue weighted by Crippen LogP contribution is 2.31. The minimum Gasteiger partial charge on any atom is -0.496 e. The van der Waals surface area contributed by atoms with E-state index in [1.807, 2.05) is 42.5 Å². The molecule has 0 radical (unpaired) electrons. The molecule has 102 valence electrons. The number of nitrogen functional groups attached to an aromatic ring is 1. The molecule has 5 heteroatoms. The summed E-state index contributed by atoms with van der Waals surface area (Å²) in [5.41, 5.74) is 7.97. The SMILES string of the molecule is COc1ccccc1SCc1nc2cc(N)ccc2o1. The van der Waals surface area contributed by atoms with E-state index >= 15 is 0 Å². The Kier molecular flexibility index (Phi) is 3.52. The van der Waals surface area contributed by atoms with Crippen LogP contribution in [-0.4, -0.2) is 12.1 Å². The van der Waals surface area contributed by atoms with E-state index in [0.717, 1.165) is 21.7 Å². The number of methoxy groups -OCH3 is 1. The van der Waals surface area contributed by atoms with E-state index in [9.17, 15) is 0 Å². The zero-order valence-electron chi connectivity index (χ0n) is 11.0. The number of nitrogens with zero attached hydrogens (tertiary/aromatic N) is 1. The van der Waals surface area contributed by atoms with Gasteiger partial charge >= 0.3 is 0 Å². The van der Waals surface area contributed by atoms with Crippen molar-refractivity contribution < 1.29 is 9.15 Å². The number of fused-ring (bicyclic) bond motifs is 1. The molecular formula is C15H14N2O2S. The number of benzene rings is 2. The largest absolute Gasteiger partial charge is 0.496 e. The lowest BCUT2D eigenvalue weighted by Gasteiger charge is -2.05. The Bertz CT molecular complexity index is 740. The molecule has 2 N–H and O–H groups in total. The van der Waals surface area contributed by atoms with Crippen LogP contribution in [0.3, 0.4) is 0 Å². The van der Waals surface area contributed by atoms with Gasteiger partial charge in [-0.1, -0.05) is 12.1 Å². The normalized spacial score (nSPS) is 10.8. The van der Waals surface area contributed by atoms with Gasteiger partial charge in [0.05, 0.1) is 12.9 Å². The molecule has 1 heterocycles. The highest BCUT2D eigenvalue weighted by atomic mass is 32.2. The maximum Gasteiger partial charge on any atom is 0.205 e. The Morgan fingerprint density at radius 3 is 2.95 bits per heavy atom. The van der Waals surface area contributed by atoms with Crippen LogP contribution in [0.5, 0.6) is 5.75 Å². The van der Waals surface area contributed by atoms with Crippen LogP contribution < -0.4 is 10.5 Å². The number of hydrogen-bond acceptors (Lipinski definition) is 5. The van der Waals surface area contributed by atoms with Crippen LogP contribution >= 0.6 is 11.8 Å². The maximum absolute atomic E-state index is 5.73. The molecule has 1 aromatic heterocycles. The second kappa shape index (κ2) is 5.46. The topological polar surface area (TPSA) is 61.3 Å². The zero-order valence-corrected chi connectivity index (χ0v) is 11.8. The molecule has 4 nitrogen and oxygen atoms in total. The van der Waals surface area contributed by atoms with Crippen molar-refractivity contribution in [1.82, 2.24) is 4.98 Å². The van der Waals surface area contributed by atoms with E-state index in [2.05, 4.69) is 4.98 Å². The Hall–Kier alpha value is -2.14. The van der Waals surface area contributed by atoms with Gasteiger partial charge < -0.3 is 14.9 Å². The fraction of sp³-hybridized carbons (Fsp3) is 0.133. The van der Waals surface area contributed by atoms with Crippen LogP contribution in [0.15, 0.2) is 51.8 Å². The van der Waals surface area contributed by atoms with Crippen molar-refractivity contribution in [2.24, 2.45) is 0 Å². The van der Waals surface area contributed by atoms with Crippen molar-refractivity contribution >= 4 is 28.5 Å². The summed E-state index contributed by atoms with van der Waals surface area (Å²) in [5.74, 6) is 2.19. The summed E-state index contributed by atoms with van der Waals surface area (Å²) in [6, 6.07) is 13.4. The number of ether oxygens (including phenoxy) is 1. The first-order valence-corrected chi connectivity index (χ1v) is 7.15. The molecule has 0 aliphatic heterocycles. The van der Waals surface area contributed by atoms with Gasteiger partial charge in [-0.25, -0.2) is 4.98 Å². The highest BCUT2D eigenvalue weighted by molar-refractivity contribution is 7.98. The van der Waals surface area contributed by atoms with E-state index in [1.165, 1.54) is 0 Å². The standard InChI is InChI=1S/C15H14N2O2S/c1-18-13-4-2-3-5-14(13)20-9-15-17-11-8-10(16)6-7-12(11)19-15/h2-8H,9,16H2,1H3. The maximum atomic E-state index is 5.73. The van der Waals surface area contributed by atoms with Crippen molar-refractivity contribution in [3.8, 4) is 5.75 Å². The predicted molar refractivity (Wildman–Crippen MR) is 81.0 cm³/mol. The highest BCUT2D eigenvalue weighted by Gasteiger charge is 2.08. The van der Waals surface area contributed by atoms with E-state index in [0.29, 0.717) is 17.3 Å². The number of nitrogens with two attached hydrogens (primary N) is 1. The number of thioether (sulfide) groups is 1. The molecule has 20 heavy (non-hydrogen) atoms. The lowest BCUT2D eigenvalue weighted by molar-refractivity contribution is 0.405. The van der Waals surface area contributed by atoms with Crippen molar-refractivity contribution in [3.63, 3.8) is 0 Å². The van der Waals surface area contributed by atoms with Crippen LogP contribution in [-0.2, 0) is 5.75 Å². The Labute approximate surface area is 120 Å². The molecule has 3 rings (SSSR count). The van der Waals surface area contributed by atoms with Gasteiger partial charge in [-0.15, -0.1) is 11.8 Å². The smallest absolute Gasteiger partial charge is 0.205 e. The molecule has 0 spiro atoms. The summed E-state index contributed by atoms with van der Waals surface area (Å²) in [7, 11) is 1.67. The van der Waals surface area contributed by atoms with E-state index in [-0.39, 0.29) is 0 Å². The van der Waals surface area contributed by atoms with Crippen molar-refractivity contribution in [1.29, 1.82) is 0 Å². The lowest BCUT2D eigenvalue weighted by Crippen LogP contribution is -1.86. The number of aromatic nitrogens is 1. The molecule has 0 fully saturated rings. The third-order valence-electron chi connectivity index (χ3n) is 2.88. The van der Waals surface area contributed by atoms with Gasteiger partial charge in [-0.2, -0.15) is 0 Å². The Morgan fingerprint density at radius 2 is 2.10 bits per heavy atom. The van der Waals surface area contributed by atoms with Gasteiger partial charge in [0.25, 0.3) is 0 Å². The molecule has 0 atom stereocenters. The third-order valence-corrected chi connectivity index (χ3v) is 3.92. The van der Waals surface area contributed by atoms with Crippen molar-refractivity contribution in [2.45, 2.75) is 10.6 Å². The number of oxazole rings is 1. The number of hydrogen-bond donors (Lipinski definition) is 1. The van der Waals surface area contributed by atoms with Crippen LogP contribution in [0.1, 0.15) is 5.89 Å². The summed E-state index contributed by atoms with van der Waals surface area (Å²) in [4.78, 5) is 5.50. The van der Waals surface area contributed by atoms with Gasteiger partial charge in [-0.05, 0) is 30.3 Å². The average Bonchev–Trinajstić information content (AvgIpc) is 2.87.